The minimum Gasteiger partial charge on any atom is -0.340 e. The van der Waals surface area contributed by atoms with Crippen LogP contribution in [0.15, 0.2) is 0 Å². The maximum Gasteiger partial charge on any atom is 0.236 e. The number of carbonyl (C=O) groups excluding carboxylic acids is 1. The van der Waals surface area contributed by atoms with Crippen molar-refractivity contribution in [3.8, 4) is 0 Å². The lowest BCUT2D eigenvalue weighted by Gasteiger charge is -2.37. The molecule has 4 nitrogen and oxygen atoms in total. The van der Waals surface area contributed by atoms with Gasteiger partial charge in [0.05, 0.1) is 6.54 Å². The second kappa shape index (κ2) is 8.08. The fourth-order valence-corrected chi connectivity index (χ4v) is 2.98. The number of halogens is 1. The van der Waals surface area contributed by atoms with E-state index in [1.54, 1.807) is 0 Å². The van der Waals surface area contributed by atoms with Gasteiger partial charge in [-0.25, -0.2) is 0 Å². The quantitative estimate of drug-likeness (QED) is 0.845. The molecule has 2 fully saturated rings. The first-order chi connectivity index (χ1) is 8.65. The molecule has 2 aliphatic heterocycles. The summed E-state index contributed by atoms with van der Waals surface area (Å²) in [4.78, 5) is 16.4. The van der Waals surface area contributed by atoms with Crippen LogP contribution in [0.4, 0.5) is 0 Å². The number of nitrogens with zero attached hydrogens (tertiary/aromatic N) is 2. The van der Waals surface area contributed by atoms with Crippen molar-refractivity contribution in [1.82, 2.24) is 15.1 Å². The first-order valence-electron chi connectivity index (χ1n) is 7.36. The Bertz CT molecular complexity index is 280. The van der Waals surface area contributed by atoms with Crippen LogP contribution < -0.4 is 5.32 Å². The number of nitrogens with one attached hydrogen (secondary N) is 1. The van der Waals surface area contributed by atoms with E-state index in [0.29, 0.717) is 18.4 Å². The second-order valence-electron chi connectivity index (χ2n) is 6.16. The molecule has 19 heavy (non-hydrogen) atoms. The molecule has 1 amide bonds. The fourth-order valence-electron chi connectivity index (χ4n) is 2.98. The highest BCUT2D eigenvalue weighted by atomic mass is 35.5. The molecule has 112 valence electrons. The van der Waals surface area contributed by atoms with Gasteiger partial charge in [0.2, 0.25) is 5.91 Å². The topological polar surface area (TPSA) is 35.6 Å². The number of amides is 1. The van der Waals surface area contributed by atoms with Crippen LogP contribution in [0, 0.1) is 11.8 Å². The Balaban J connectivity index is 0.00000180. The van der Waals surface area contributed by atoms with Crippen LogP contribution in [0.3, 0.4) is 0 Å². The summed E-state index contributed by atoms with van der Waals surface area (Å²) in [6.07, 6.45) is 2.53. The minimum absolute atomic E-state index is 0. The first kappa shape index (κ1) is 16.7. The molecule has 5 heteroatoms. The van der Waals surface area contributed by atoms with E-state index >= 15 is 0 Å². The van der Waals surface area contributed by atoms with Crippen molar-refractivity contribution >= 4 is 18.3 Å². The van der Waals surface area contributed by atoms with Crippen LogP contribution >= 0.6 is 12.4 Å². The number of hydrogen-bond acceptors (Lipinski definition) is 3. The third kappa shape index (κ3) is 5.28. The molecule has 0 atom stereocenters. The second-order valence-corrected chi connectivity index (χ2v) is 6.16. The molecule has 2 heterocycles. The molecular weight excluding hydrogens is 262 g/mol. The molecule has 0 radical (unpaired) electrons. The molecule has 1 N–H and O–H groups in total. The molecule has 0 aliphatic carbocycles. The third-order valence-electron chi connectivity index (χ3n) is 3.96. The van der Waals surface area contributed by atoms with Crippen LogP contribution in [-0.4, -0.2) is 61.5 Å². The van der Waals surface area contributed by atoms with Gasteiger partial charge in [-0.15, -0.1) is 12.4 Å². The molecule has 0 bridgehead atoms. The van der Waals surface area contributed by atoms with Crippen molar-refractivity contribution in [3.63, 3.8) is 0 Å². The molecule has 0 unspecified atom stereocenters. The summed E-state index contributed by atoms with van der Waals surface area (Å²) in [5.74, 6) is 1.68. The van der Waals surface area contributed by atoms with Crippen molar-refractivity contribution in [3.05, 3.63) is 0 Å². The largest absolute Gasteiger partial charge is 0.340 e. The average Bonchev–Trinajstić information content (AvgIpc) is 2.33. The smallest absolute Gasteiger partial charge is 0.236 e. The zero-order valence-corrected chi connectivity index (χ0v) is 13.0. The summed E-state index contributed by atoms with van der Waals surface area (Å²) in [6, 6.07) is 0. The molecule has 0 aromatic heterocycles. The number of piperazine rings is 1. The van der Waals surface area contributed by atoms with E-state index in [-0.39, 0.29) is 12.4 Å². The molecular formula is C14H28ClN3O. The van der Waals surface area contributed by atoms with Gasteiger partial charge in [0.15, 0.2) is 0 Å². The fraction of sp³-hybridized carbons (Fsp3) is 0.929. The molecule has 0 aromatic carbocycles. The van der Waals surface area contributed by atoms with Crippen LogP contribution in [0.2, 0.25) is 0 Å². The van der Waals surface area contributed by atoms with Gasteiger partial charge in [0.25, 0.3) is 0 Å². The summed E-state index contributed by atoms with van der Waals surface area (Å²) in [6.45, 7) is 11.3. The maximum atomic E-state index is 12.1. The highest BCUT2D eigenvalue weighted by Crippen LogP contribution is 2.15. The minimum atomic E-state index is 0. The highest BCUT2D eigenvalue weighted by molar-refractivity contribution is 5.85. The number of carbonyl (C=O) groups is 1. The van der Waals surface area contributed by atoms with Crippen molar-refractivity contribution in [2.45, 2.75) is 26.7 Å². The van der Waals surface area contributed by atoms with E-state index in [2.05, 4.69) is 24.1 Å². The van der Waals surface area contributed by atoms with Crippen LogP contribution in [0.5, 0.6) is 0 Å². The monoisotopic (exact) mass is 289 g/mol. The van der Waals surface area contributed by atoms with Crippen molar-refractivity contribution in [2.24, 2.45) is 11.8 Å². The van der Waals surface area contributed by atoms with Gasteiger partial charge >= 0.3 is 0 Å². The summed E-state index contributed by atoms with van der Waals surface area (Å²) in [7, 11) is 0. The lowest BCUT2D eigenvalue weighted by molar-refractivity contribution is -0.136. The Morgan fingerprint density at radius 3 is 2.53 bits per heavy atom. The average molecular weight is 290 g/mol. The van der Waals surface area contributed by atoms with Gasteiger partial charge in [-0.2, -0.15) is 0 Å². The zero-order chi connectivity index (χ0) is 13.0. The standard InChI is InChI=1S/C14H27N3O.ClH/c1-12(2)9-17-8-7-16(11-14(17)18)10-13-3-5-15-6-4-13;/h12-13,15H,3-11H2,1-2H3;1H. The highest BCUT2D eigenvalue weighted by Gasteiger charge is 2.26. The lowest BCUT2D eigenvalue weighted by Crippen LogP contribution is -2.52. The number of hydrogen-bond donors (Lipinski definition) is 1. The normalized spacial score (nSPS) is 22.7. The van der Waals surface area contributed by atoms with Crippen molar-refractivity contribution in [2.75, 3.05) is 45.8 Å². The van der Waals surface area contributed by atoms with Crippen LogP contribution in [0.1, 0.15) is 26.7 Å². The Kier molecular flexibility index (Phi) is 7.11. The summed E-state index contributed by atoms with van der Waals surface area (Å²) < 4.78 is 0. The number of piperidine rings is 1. The molecule has 2 aliphatic rings. The van der Waals surface area contributed by atoms with Gasteiger partial charge in [-0.3, -0.25) is 9.69 Å². The summed E-state index contributed by atoms with van der Waals surface area (Å²) in [5.41, 5.74) is 0. The predicted octanol–water partition coefficient (Wildman–Crippen LogP) is 1.21. The maximum absolute atomic E-state index is 12.1. The van der Waals surface area contributed by atoms with E-state index in [9.17, 15) is 4.79 Å². The van der Waals surface area contributed by atoms with Gasteiger partial charge in [-0.1, -0.05) is 13.8 Å². The molecule has 2 rings (SSSR count). The Hall–Kier alpha value is -0.320. The summed E-state index contributed by atoms with van der Waals surface area (Å²) in [5, 5.41) is 3.40. The van der Waals surface area contributed by atoms with E-state index in [1.807, 2.05) is 4.90 Å². The van der Waals surface area contributed by atoms with E-state index < -0.39 is 0 Å². The molecule has 0 saturated carbocycles. The molecule has 0 spiro atoms. The van der Waals surface area contributed by atoms with E-state index in [1.165, 1.54) is 12.8 Å². The molecule has 0 aromatic rings. The van der Waals surface area contributed by atoms with Gasteiger partial charge in [0, 0.05) is 26.2 Å². The van der Waals surface area contributed by atoms with Gasteiger partial charge in [-0.05, 0) is 37.8 Å². The summed E-state index contributed by atoms with van der Waals surface area (Å²) >= 11 is 0. The van der Waals surface area contributed by atoms with E-state index in [4.69, 9.17) is 0 Å². The third-order valence-corrected chi connectivity index (χ3v) is 3.96. The molecule has 2 saturated heterocycles. The zero-order valence-electron chi connectivity index (χ0n) is 12.2. The van der Waals surface area contributed by atoms with Gasteiger partial charge < -0.3 is 10.2 Å². The SMILES string of the molecule is CC(C)CN1CCN(CC2CCNCC2)CC1=O.Cl. The van der Waals surface area contributed by atoms with Crippen LogP contribution in [0.25, 0.3) is 0 Å². The lowest BCUT2D eigenvalue weighted by atomic mass is 9.97. The Morgan fingerprint density at radius 2 is 1.95 bits per heavy atom. The van der Waals surface area contributed by atoms with Gasteiger partial charge in [0.1, 0.15) is 0 Å². The Morgan fingerprint density at radius 1 is 1.26 bits per heavy atom. The number of rotatable bonds is 4. The van der Waals surface area contributed by atoms with E-state index in [0.717, 1.165) is 45.2 Å². The first-order valence-corrected chi connectivity index (χ1v) is 7.36. The van der Waals surface area contributed by atoms with Crippen LogP contribution in [-0.2, 0) is 4.79 Å². The Labute approximate surface area is 123 Å². The predicted molar refractivity (Wildman–Crippen MR) is 80.7 cm³/mol. The van der Waals surface area contributed by atoms with Crippen molar-refractivity contribution < 1.29 is 4.79 Å². The van der Waals surface area contributed by atoms with Crippen molar-refractivity contribution in [1.29, 1.82) is 0 Å².